The molecule has 0 fully saturated rings. The van der Waals surface area contributed by atoms with E-state index in [1.807, 2.05) is 20.8 Å². The van der Waals surface area contributed by atoms with E-state index in [1.165, 1.54) is 0 Å². The number of hydrogen-bond acceptors (Lipinski definition) is 4. The van der Waals surface area contributed by atoms with Crippen molar-refractivity contribution >= 4 is 17.7 Å². The molecule has 2 unspecified atom stereocenters. The molecule has 0 bridgehead atoms. The van der Waals surface area contributed by atoms with Crippen LogP contribution in [0.25, 0.3) is 0 Å². The monoisotopic (exact) mass is 357 g/mol. The first-order chi connectivity index (χ1) is 11.7. The Hall–Kier alpha value is -1.63. The van der Waals surface area contributed by atoms with Gasteiger partial charge in [0.2, 0.25) is 11.8 Å². The van der Waals surface area contributed by atoms with Crippen LogP contribution in [0.4, 0.5) is 0 Å². The van der Waals surface area contributed by atoms with E-state index >= 15 is 0 Å². The fraction of sp³-hybridized carbons (Fsp3) is 0.833. The minimum Gasteiger partial charge on any atom is -0.378 e. The van der Waals surface area contributed by atoms with Crippen molar-refractivity contribution in [1.82, 2.24) is 0 Å². The van der Waals surface area contributed by atoms with Crippen LogP contribution in [0.2, 0.25) is 0 Å². The number of hydrogen-bond donors (Lipinski definition) is 4. The lowest BCUT2D eigenvalue weighted by molar-refractivity contribution is -0.180. The van der Waals surface area contributed by atoms with Crippen molar-refractivity contribution in [3.8, 4) is 0 Å². The average molecular weight is 357 g/mol. The maximum Gasteiger partial charge on any atom is 0.251 e. The van der Waals surface area contributed by atoms with Gasteiger partial charge in [0.25, 0.3) is 5.91 Å². The molecule has 0 aliphatic carbocycles. The van der Waals surface area contributed by atoms with E-state index in [2.05, 4.69) is 0 Å². The number of primary amides is 3. The average Bonchev–Trinajstić information content (AvgIpc) is 2.54. The Morgan fingerprint density at radius 3 is 1.56 bits per heavy atom. The Morgan fingerprint density at radius 2 is 1.28 bits per heavy atom. The number of rotatable bonds is 14. The summed E-state index contributed by atoms with van der Waals surface area (Å²) in [5, 5.41) is 11.4. The maximum absolute atomic E-state index is 12.5. The van der Waals surface area contributed by atoms with E-state index in [9.17, 15) is 19.5 Å². The normalized spacial score (nSPS) is 15.4. The first kappa shape index (κ1) is 23.4. The molecule has 146 valence electrons. The molecule has 7 heteroatoms. The van der Waals surface area contributed by atoms with Crippen molar-refractivity contribution in [3.63, 3.8) is 0 Å². The highest BCUT2D eigenvalue weighted by molar-refractivity contribution is 5.98. The SMILES string of the molecule is CCCCC(C(N)=O)C(O)(C(N)=O)C(CCCC)(CCCC)C(N)=O. The van der Waals surface area contributed by atoms with Crippen LogP contribution >= 0.6 is 0 Å². The highest BCUT2D eigenvalue weighted by Gasteiger charge is 2.62. The van der Waals surface area contributed by atoms with Gasteiger partial charge in [-0.2, -0.15) is 0 Å². The minimum absolute atomic E-state index is 0.179. The number of carbonyl (C=O) groups excluding carboxylic acids is 3. The Balaban J connectivity index is 6.37. The smallest absolute Gasteiger partial charge is 0.251 e. The number of unbranched alkanes of at least 4 members (excludes halogenated alkanes) is 3. The summed E-state index contributed by atoms with van der Waals surface area (Å²) in [6.07, 6.45) is 4.49. The minimum atomic E-state index is -2.38. The highest BCUT2D eigenvalue weighted by Crippen LogP contribution is 2.47. The molecule has 0 heterocycles. The van der Waals surface area contributed by atoms with Crippen LogP contribution in [0.5, 0.6) is 0 Å². The number of aliphatic hydroxyl groups is 1. The molecular formula is C18H35N3O4. The molecule has 0 aliphatic heterocycles. The molecule has 0 radical (unpaired) electrons. The fourth-order valence-electron chi connectivity index (χ4n) is 3.60. The fourth-order valence-corrected chi connectivity index (χ4v) is 3.60. The molecule has 0 aromatic rings. The summed E-state index contributed by atoms with van der Waals surface area (Å²) in [4.78, 5) is 36.9. The van der Waals surface area contributed by atoms with Crippen molar-refractivity contribution < 1.29 is 19.5 Å². The van der Waals surface area contributed by atoms with Crippen LogP contribution in [-0.4, -0.2) is 28.4 Å². The highest BCUT2D eigenvalue weighted by atomic mass is 16.3. The van der Waals surface area contributed by atoms with Gasteiger partial charge in [0.05, 0.1) is 11.3 Å². The van der Waals surface area contributed by atoms with Gasteiger partial charge in [-0.05, 0) is 19.3 Å². The van der Waals surface area contributed by atoms with E-state index in [4.69, 9.17) is 17.2 Å². The third-order valence-corrected chi connectivity index (χ3v) is 5.19. The van der Waals surface area contributed by atoms with Crippen molar-refractivity contribution in [2.45, 2.75) is 84.2 Å². The number of nitrogens with two attached hydrogens (primary N) is 3. The van der Waals surface area contributed by atoms with Gasteiger partial charge in [0, 0.05) is 0 Å². The zero-order chi connectivity index (χ0) is 19.7. The Labute approximate surface area is 150 Å². The van der Waals surface area contributed by atoms with Crippen molar-refractivity contribution in [2.24, 2.45) is 28.5 Å². The molecule has 0 aromatic carbocycles. The Kier molecular flexibility index (Phi) is 9.70. The van der Waals surface area contributed by atoms with Gasteiger partial charge < -0.3 is 22.3 Å². The first-order valence-electron chi connectivity index (χ1n) is 9.27. The predicted molar refractivity (Wildman–Crippen MR) is 97.0 cm³/mol. The molecule has 25 heavy (non-hydrogen) atoms. The van der Waals surface area contributed by atoms with Gasteiger partial charge in [-0.15, -0.1) is 0 Å². The van der Waals surface area contributed by atoms with Crippen molar-refractivity contribution in [2.75, 3.05) is 0 Å². The first-order valence-corrected chi connectivity index (χ1v) is 9.27. The van der Waals surface area contributed by atoms with Gasteiger partial charge in [0.15, 0.2) is 5.60 Å². The molecule has 2 atom stereocenters. The van der Waals surface area contributed by atoms with E-state index in [1.54, 1.807) is 0 Å². The zero-order valence-electron chi connectivity index (χ0n) is 15.8. The second kappa shape index (κ2) is 10.4. The van der Waals surface area contributed by atoms with Crippen LogP contribution < -0.4 is 17.2 Å². The molecule has 3 amide bonds. The summed E-state index contributed by atoms with van der Waals surface area (Å²) in [6, 6.07) is 0. The van der Waals surface area contributed by atoms with Gasteiger partial charge >= 0.3 is 0 Å². The zero-order valence-corrected chi connectivity index (χ0v) is 15.8. The van der Waals surface area contributed by atoms with Crippen LogP contribution in [0.1, 0.15) is 78.6 Å². The Morgan fingerprint density at radius 1 is 0.840 bits per heavy atom. The van der Waals surface area contributed by atoms with Gasteiger partial charge in [-0.3, -0.25) is 14.4 Å². The number of amides is 3. The van der Waals surface area contributed by atoms with E-state index in [0.717, 1.165) is 19.3 Å². The van der Waals surface area contributed by atoms with E-state index < -0.39 is 34.7 Å². The lowest BCUT2D eigenvalue weighted by Gasteiger charge is -2.46. The molecule has 0 spiro atoms. The van der Waals surface area contributed by atoms with Crippen LogP contribution in [-0.2, 0) is 14.4 Å². The summed E-state index contributed by atoms with van der Waals surface area (Å²) in [5.74, 6) is -4.00. The molecule has 0 aliphatic rings. The second-order valence-electron chi connectivity index (χ2n) is 6.88. The van der Waals surface area contributed by atoms with Crippen LogP contribution in [0.3, 0.4) is 0 Å². The van der Waals surface area contributed by atoms with Crippen LogP contribution in [0.15, 0.2) is 0 Å². The second-order valence-corrected chi connectivity index (χ2v) is 6.88. The summed E-state index contributed by atoms with van der Waals surface area (Å²) in [6.45, 7) is 5.77. The summed E-state index contributed by atoms with van der Waals surface area (Å²) < 4.78 is 0. The van der Waals surface area contributed by atoms with Crippen LogP contribution in [0, 0.1) is 11.3 Å². The largest absolute Gasteiger partial charge is 0.378 e. The molecule has 7 N–H and O–H groups in total. The van der Waals surface area contributed by atoms with Gasteiger partial charge in [-0.25, -0.2) is 0 Å². The molecule has 0 saturated carbocycles. The molecular weight excluding hydrogens is 322 g/mol. The standard InChI is InChI=1S/C18H35N3O4/c1-4-7-10-13(14(19)22)18(25,16(21)24)17(15(20)23,11-8-5-2)12-9-6-3/h13,25H,4-12H2,1-3H3,(H2,19,22)(H2,20,23)(H2,21,24). The third kappa shape index (κ3) is 4.93. The predicted octanol–water partition coefficient (Wildman–Crippen LogP) is 1.35. The Bertz CT molecular complexity index is 459. The number of carbonyl (C=O) groups is 3. The lowest BCUT2D eigenvalue weighted by atomic mass is 9.59. The quantitative estimate of drug-likeness (QED) is 0.371. The summed E-state index contributed by atoms with van der Waals surface area (Å²) in [7, 11) is 0. The van der Waals surface area contributed by atoms with Gasteiger partial charge in [-0.1, -0.05) is 59.3 Å². The molecule has 7 nitrogen and oxygen atoms in total. The van der Waals surface area contributed by atoms with E-state index in [0.29, 0.717) is 19.3 Å². The maximum atomic E-state index is 12.5. The van der Waals surface area contributed by atoms with E-state index in [-0.39, 0.29) is 19.3 Å². The van der Waals surface area contributed by atoms with Crippen molar-refractivity contribution in [1.29, 1.82) is 0 Å². The summed E-state index contributed by atoms with van der Waals surface area (Å²) in [5.41, 5.74) is 12.7. The van der Waals surface area contributed by atoms with Crippen molar-refractivity contribution in [3.05, 3.63) is 0 Å². The molecule has 0 saturated heterocycles. The molecule has 0 aromatic heterocycles. The lowest BCUT2D eigenvalue weighted by Crippen LogP contribution is -2.68. The van der Waals surface area contributed by atoms with Gasteiger partial charge in [0.1, 0.15) is 0 Å². The third-order valence-electron chi connectivity index (χ3n) is 5.19. The summed E-state index contributed by atoms with van der Waals surface area (Å²) >= 11 is 0. The molecule has 0 rings (SSSR count). The topological polar surface area (TPSA) is 150 Å².